The highest BCUT2D eigenvalue weighted by atomic mass is 79.9. The van der Waals surface area contributed by atoms with Crippen LogP contribution < -0.4 is 0 Å². The fourth-order valence-corrected chi connectivity index (χ4v) is 3.69. The van der Waals surface area contributed by atoms with Gasteiger partial charge in [0.15, 0.2) is 0 Å². The Morgan fingerprint density at radius 3 is 2.31 bits per heavy atom. The molecule has 0 saturated carbocycles. The molecule has 0 aliphatic heterocycles. The second-order valence-corrected chi connectivity index (χ2v) is 7.12. The summed E-state index contributed by atoms with van der Waals surface area (Å²) in [5, 5.41) is 0. The van der Waals surface area contributed by atoms with E-state index < -0.39 is 0 Å². The van der Waals surface area contributed by atoms with Crippen LogP contribution in [-0.2, 0) is 0 Å². The van der Waals surface area contributed by atoms with Gasteiger partial charge in [0.1, 0.15) is 0 Å². The maximum Gasteiger partial charge on any atom is 0.204 e. The monoisotopic (exact) mass is 422 g/mol. The van der Waals surface area contributed by atoms with Crippen LogP contribution in [0.4, 0.5) is 0 Å². The minimum Gasteiger partial charge on any atom is -0.288 e. The molecule has 1 heterocycles. The van der Waals surface area contributed by atoms with Gasteiger partial charge in [-0.25, -0.2) is 0 Å². The van der Waals surface area contributed by atoms with Crippen molar-refractivity contribution in [2.75, 3.05) is 0 Å². The molecule has 2 rings (SSSR count). The van der Waals surface area contributed by atoms with Gasteiger partial charge in [-0.15, -0.1) is 11.3 Å². The number of benzene rings is 1. The van der Waals surface area contributed by atoms with E-state index in [0.29, 0.717) is 10.4 Å². The van der Waals surface area contributed by atoms with Gasteiger partial charge in [0.05, 0.1) is 8.66 Å². The zero-order chi connectivity index (χ0) is 11.7. The molecule has 16 heavy (non-hydrogen) atoms. The molecule has 1 aromatic carbocycles. The van der Waals surface area contributed by atoms with E-state index in [-0.39, 0.29) is 5.78 Å². The average molecular weight is 425 g/mol. The van der Waals surface area contributed by atoms with E-state index in [1.807, 2.05) is 30.3 Å². The molecule has 2 aromatic rings. The summed E-state index contributed by atoms with van der Waals surface area (Å²) < 4.78 is 2.66. The summed E-state index contributed by atoms with van der Waals surface area (Å²) >= 11 is 11.6. The molecule has 0 radical (unpaired) electrons. The van der Waals surface area contributed by atoms with Gasteiger partial charge in [-0.2, -0.15) is 0 Å². The summed E-state index contributed by atoms with van der Waals surface area (Å²) in [5.74, 6) is 0.0314. The molecule has 0 N–H and O–H groups in total. The molecule has 0 amide bonds. The first-order chi connectivity index (χ1) is 7.59. The Kier molecular flexibility index (Phi) is 4.00. The Balaban J connectivity index is 2.43. The largest absolute Gasteiger partial charge is 0.288 e. The molecule has 1 aromatic heterocycles. The van der Waals surface area contributed by atoms with Crippen molar-refractivity contribution in [1.82, 2.24) is 0 Å². The molecule has 1 nitrogen and oxygen atoms in total. The molecule has 0 unspecified atom stereocenters. The van der Waals surface area contributed by atoms with Crippen molar-refractivity contribution in [2.45, 2.75) is 0 Å². The first-order valence-corrected chi connectivity index (χ1v) is 7.53. The topological polar surface area (TPSA) is 17.1 Å². The number of carbonyl (C=O) groups is 1. The third-order valence-electron chi connectivity index (χ3n) is 1.99. The lowest BCUT2D eigenvalue weighted by molar-refractivity contribution is 0.104. The zero-order valence-corrected chi connectivity index (χ0v) is 13.4. The Labute approximate surface area is 122 Å². The molecule has 0 spiro atoms. The molecule has 0 saturated heterocycles. The van der Waals surface area contributed by atoms with Gasteiger partial charge < -0.3 is 0 Å². The maximum atomic E-state index is 12.2. The molecule has 0 aliphatic carbocycles. The quantitative estimate of drug-likeness (QED) is 0.600. The van der Waals surface area contributed by atoms with E-state index in [1.54, 1.807) is 0 Å². The average Bonchev–Trinajstić information content (AvgIpc) is 2.59. The Morgan fingerprint density at radius 1 is 1.06 bits per heavy atom. The summed E-state index contributed by atoms with van der Waals surface area (Å²) in [6, 6.07) is 9.26. The second kappa shape index (κ2) is 5.12. The number of halogens is 3. The standard InChI is InChI=1S/C11H5Br3OS/c12-7-4-2-1-3-6(7)10(15)9-5-8(13)11(14)16-9/h1-5H. The van der Waals surface area contributed by atoms with Gasteiger partial charge in [0.2, 0.25) is 5.78 Å². The van der Waals surface area contributed by atoms with Crippen molar-refractivity contribution in [3.05, 3.63) is 53.5 Å². The fraction of sp³-hybridized carbons (Fsp3) is 0. The van der Waals surface area contributed by atoms with Gasteiger partial charge in [0, 0.05) is 14.5 Å². The minimum absolute atomic E-state index is 0.0314. The van der Waals surface area contributed by atoms with Crippen molar-refractivity contribution >= 4 is 64.9 Å². The first kappa shape index (κ1) is 12.5. The van der Waals surface area contributed by atoms with Crippen molar-refractivity contribution in [2.24, 2.45) is 0 Å². The number of thiophene rings is 1. The van der Waals surface area contributed by atoms with E-state index in [4.69, 9.17) is 0 Å². The van der Waals surface area contributed by atoms with Gasteiger partial charge in [-0.05, 0) is 50.1 Å². The molecule has 0 atom stereocenters. The first-order valence-electron chi connectivity index (χ1n) is 4.33. The van der Waals surface area contributed by atoms with Gasteiger partial charge in [0.25, 0.3) is 0 Å². The van der Waals surface area contributed by atoms with Crippen LogP contribution >= 0.6 is 59.1 Å². The van der Waals surface area contributed by atoms with E-state index in [0.717, 1.165) is 12.7 Å². The molecule has 5 heteroatoms. The fourth-order valence-electron chi connectivity index (χ4n) is 1.24. The highest BCUT2D eigenvalue weighted by Gasteiger charge is 2.15. The van der Waals surface area contributed by atoms with Crippen molar-refractivity contribution in [3.8, 4) is 0 Å². The van der Waals surface area contributed by atoms with Crippen LogP contribution in [0.2, 0.25) is 0 Å². The Bertz CT molecular complexity index is 528. The Morgan fingerprint density at radius 2 is 1.75 bits per heavy atom. The predicted octanol–water partition coefficient (Wildman–Crippen LogP) is 5.27. The Hall–Kier alpha value is 0.0300. The third kappa shape index (κ3) is 2.47. The number of hydrogen-bond donors (Lipinski definition) is 0. The molecule has 0 aliphatic rings. The van der Waals surface area contributed by atoms with Crippen LogP contribution in [0.3, 0.4) is 0 Å². The van der Waals surface area contributed by atoms with Crippen LogP contribution in [-0.4, -0.2) is 5.78 Å². The van der Waals surface area contributed by atoms with E-state index in [1.165, 1.54) is 11.3 Å². The number of carbonyl (C=O) groups excluding carboxylic acids is 1. The maximum absolute atomic E-state index is 12.2. The lowest BCUT2D eigenvalue weighted by Crippen LogP contribution is -1.99. The number of rotatable bonds is 2. The summed E-state index contributed by atoms with van der Waals surface area (Å²) in [7, 11) is 0. The molecule has 0 fully saturated rings. The number of hydrogen-bond acceptors (Lipinski definition) is 2. The van der Waals surface area contributed by atoms with Gasteiger partial charge >= 0.3 is 0 Å². The molecular formula is C11H5Br3OS. The summed E-state index contributed by atoms with van der Waals surface area (Å²) in [4.78, 5) is 12.9. The third-order valence-corrected chi connectivity index (χ3v) is 5.93. The van der Waals surface area contributed by atoms with Crippen molar-refractivity contribution in [3.63, 3.8) is 0 Å². The highest BCUT2D eigenvalue weighted by Crippen LogP contribution is 2.34. The summed E-state index contributed by atoms with van der Waals surface area (Å²) in [5.41, 5.74) is 0.684. The molecule has 82 valence electrons. The summed E-state index contributed by atoms with van der Waals surface area (Å²) in [6.07, 6.45) is 0. The lowest BCUT2D eigenvalue weighted by atomic mass is 10.1. The van der Waals surface area contributed by atoms with E-state index in [2.05, 4.69) is 47.8 Å². The SMILES string of the molecule is O=C(c1cc(Br)c(Br)s1)c1ccccc1Br. The zero-order valence-electron chi connectivity index (χ0n) is 7.84. The van der Waals surface area contributed by atoms with Crippen LogP contribution in [0, 0.1) is 0 Å². The molecule has 0 bridgehead atoms. The van der Waals surface area contributed by atoms with Crippen molar-refractivity contribution in [1.29, 1.82) is 0 Å². The van der Waals surface area contributed by atoms with Crippen LogP contribution in [0.15, 0.2) is 43.1 Å². The number of ketones is 1. The lowest BCUT2D eigenvalue weighted by Gasteiger charge is -2.00. The van der Waals surface area contributed by atoms with Crippen LogP contribution in [0.5, 0.6) is 0 Å². The van der Waals surface area contributed by atoms with Crippen molar-refractivity contribution < 1.29 is 4.79 Å². The van der Waals surface area contributed by atoms with Gasteiger partial charge in [-0.1, -0.05) is 28.1 Å². The second-order valence-electron chi connectivity index (χ2n) is 3.04. The van der Waals surface area contributed by atoms with Crippen LogP contribution in [0.1, 0.15) is 15.2 Å². The highest BCUT2D eigenvalue weighted by molar-refractivity contribution is 9.13. The summed E-state index contributed by atoms with van der Waals surface area (Å²) in [6.45, 7) is 0. The van der Waals surface area contributed by atoms with Gasteiger partial charge in [-0.3, -0.25) is 4.79 Å². The minimum atomic E-state index is 0.0314. The van der Waals surface area contributed by atoms with Crippen LogP contribution in [0.25, 0.3) is 0 Å². The predicted molar refractivity (Wildman–Crippen MR) is 77.3 cm³/mol. The normalized spacial score (nSPS) is 10.4. The van der Waals surface area contributed by atoms with E-state index >= 15 is 0 Å². The van der Waals surface area contributed by atoms with E-state index in [9.17, 15) is 4.79 Å². The molecular weight excluding hydrogens is 420 g/mol. The smallest absolute Gasteiger partial charge is 0.204 e.